The molecule has 1 aromatic heterocycles. The fraction of sp³-hybridized carbons (Fsp3) is 0.0476. The predicted octanol–water partition coefficient (Wildman–Crippen LogP) is 7.03. The van der Waals surface area contributed by atoms with E-state index in [-0.39, 0.29) is 5.91 Å². The van der Waals surface area contributed by atoms with Gasteiger partial charge in [0.2, 0.25) is 0 Å². The lowest BCUT2D eigenvalue weighted by Gasteiger charge is -2.09. The summed E-state index contributed by atoms with van der Waals surface area (Å²) in [5.41, 5.74) is 4.69. The van der Waals surface area contributed by atoms with E-state index in [0.29, 0.717) is 16.8 Å². The van der Waals surface area contributed by atoms with Crippen molar-refractivity contribution >= 4 is 83.7 Å². The molecule has 4 nitrogen and oxygen atoms in total. The lowest BCUT2D eigenvalue weighted by molar-refractivity contribution is 0.102. The van der Waals surface area contributed by atoms with Gasteiger partial charge in [0.1, 0.15) is 5.69 Å². The van der Waals surface area contributed by atoms with Gasteiger partial charge in [-0.15, -0.1) is 0 Å². The SMILES string of the molecule is Cc1cc2c(-c3ccc(Br)cc3)noc2cc1NC(=O)c1cc(I)cc(I)c1. The molecule has 4 aromatic rings. The van der Waals surface area contributed by atoms with Crippen LogP contribution in [0.1, 0.15) is 15.9 Å². The van der Waals surface area contributed by atoms with Crippen LogP contribution in [-0.2, 0) is 0 Å². The van der Waals surface area contributed by atoms with Gasteiger partial charge < -0.3 is 9.84 Å². The van der Waals surface area contributed by atoms with Gasteiger partial charge in [-0.2, -0.15) is 0 Å². The first-order chi connectivity index (χ1) is 13.4. The number of hydrogen-bond acceptors (Lipinski definition) is 3. The molecule has 7 heteroatoms. The lowest BCUT2D eigenvalue weighted by Crippen LogP contribution is -2.13. The quantitative estimate of drug-likeness (QED) is 0.241. The fourth-order valence-electron chi connectivity index (χ4n) is 2.92. The maximum Gasteiger partial charge on any atom is 0.255 e. The zero-order valence-corrected chi connectivity index (χ0v) is 20.5. The van der Waals surface area contributed by atoms with Gasteiger partial charge in [0, 0.05) is 34.5 Å². The van der Waals surface area contributed by atoms with Crippen molar-refractivity contribution in [1.29, 1.82) is 0 Å². The molecule has 3 aromatic carbocycles. The van der Waals surface area contributed by atoms with E-state index < -0.39 is 0 Å². The Morgan fingerprint density at radius 3 is 2.39 bits per heavy atom. The second-order valence-electron chi connectivity index (χ2n) is 6.31. The van der Waals surface area contributed by atoms with E-state index in [9.17, 15) is 4.79 Å². The van der Waals surface area contributed by atoms with Crippen molar-refractivity contribution in [2.24, 2.45) is 0 Å². The van der Waals surface area contributed by atoms with Crippen LogP contribution in [0.3, 0.4) is 0 Å². The highest BCUT2D eigenvalue weighted by atomic mass is 127. The van der Waals surface area contributed by atoms with Crippen molar-refractivity contribution in [3.05, 3.63) is 77.3 Å². The molecule has 0 aliphatic carbocycles. The third-order valence-corrected chi connectivity index (χ3v) is 6.08. The first-order valence-electron chi connectivity index (χ1n) is 8.34. The Morgan fingerprint density at radius 1 is 1.04 bits per heavy atom. The van der Waals surface area contributed by atoms with Crippen molar-refractivity contribution in [3.63, 3.8) is 0 Å². The third-order valence-electron chi connectivity index (χ3n) is 4.31. The molecule has 0 radical (unpaired) electrons. The van der Waals surface area contributed by atoms with Crippen molar-refractivity contribution < 1.29 is 9.32 Å². The maximum atomic E-state index is 12.7. The summed E-state index contributed by atoms with van der Waals surface area (Å²) < 4.78 is 8.60. The largest absolute Gasteiger partial charge is 0.356 e. The van der Waals surface area contributed by atoms with Crippen molar-refractivity contribution in [1.82, 2.24) is 5.16 Å². The van der Waals surface area contributed by atoms with Crippen LogP contribution in [0.15, 0.2) is 63.6 Å². The van der Waals surface area contributed by atoms with E-state index >= 15 is 0 Å². The van der Waals surface area contributed by atoms with Gasteiger partial charge in [-0.3, -0.25) is 4.79 Å². The normalized spacial score (nSPS) is 11.0. The van der Waals surface area contributed by atoms with Gasteiger partial charge in [-0.25, -0.2) is 0 Å². The highest BCUT2D eigenvalue weighted by Gasteiger charge is 2.15. The third kappa shape index (κ3) is 4.11. The molecule has 0 unspecified atom stereocenters. The van der Waals surface area contributed by atoms with Gasteiger partial charge >= 0.3 is 0 Å². The molecule has 0 bridgehead atoms. The van der Waals surface area contributed by atoms with Gasteiger partial charge in [-0.05, 0) is 94.1 Å². The number of rotatable bonds is 3. The van der Waals surface area contributed by atoms with Crippen molar-refractivity contribution in [2.75, 3.05) is 5.32 Å². The zero-order chi connectivity index (χ0) is 19.8. The summed E-state index contributed by atoms with van der Waals surface area (Å²) in [5, 5.41) is 8.14. The number of nitrogens with one attached hydrogen (secondary N) is 1. The van der Waals surface area contributed by atoms with Crippen LogP contribution in [0.25, 0.3) is 22.2 Å². The Bertz CT molecular complexity index is 1180. The van der Waals surface area contributed by atoms with Crippen LogP contribution in [0.4, 0.5) is 5.69 Å². The minimum Gasteiger partial charge on any atom is -0.356 e. The van der Waals surface area contributed by atoms with Gasteiger partial charge in [0.05, 0.1) is 5.39 Å². The molecule has 1 amide bonds. The molecule has 28 heavy (non-hydrogen) atoms. The number of amides is 1. The summed E-state index contributed by atoms with van der Waals surface area (Å²) in [4.78, 5) is 12.7. The van der Waals surface area contributed by atoms with E-state index in [1.54, 1.807) is 0 Å². The number of aryl methyl sites for hydroxylation is 1. The summed E-state index contributed by atoms with van der Waals surface area (Å²) in [6.07, 6.45) is 0. The van der Waals surface area contributed by atoms with Crippen LogP contribution in [0, 0.1) is 14.1 Å². The molecule has 0 fully saturated rings. The first-order valence-corrected chi connectivity index (χ1v) is 11.3. The Labute approximate surface area is 197 Å². The molecule has 1 N–H and O–H groups in total. The summed E-state index contributed by atoms with van der Waals surface area (Å²) in [6.45, 7) is 1.96. The molecule has 0 saturated carbocycles. The lowest BCUT2D eigenvalue weighted by atomic mass is 10.0. The number of fused-ring (bicyclic) bond motifs is 1. The second-order valence-corrected chi connectivity index (χ2v) is 9.72. The Balaban J connectivity index is 1.68. The Morgan fingerprint density at radius 2 is 1.71 bits per heavy atom. The van der Waals surface area contributed by atoms with Crippen LogP contribution in [0.5, 0.6) is 0 Å². The number of carbonyl (C=O) groups is 1. The molecule has 0 aliphatic rings. The molecule has 0 aliphatic heterocycles. The number of carbonyl (C=O) groups excluding carboxylic acids is 1. The monoisotopic (exact) mass is 658 g/mol. The Kier molecular flexibility index (Phi) is 5.75. The fourth-order valence-corrected chi connectivity index (χ4v) is 5.12. The number of anilines is 1. The van der Waals surface area contributed by atoms with Crippen LogP contribution in [-0.4, -0.2) is 11.1 Å². The van der Waals surface area contributed by atoms with Gasteiger partial charge in [0.25, 0.3) is 5.91 Å². The second kappa shape index (κ2) is 8.11. The van der Waals surface area contributed by atoms with Crippen LogP contribution in [0.2, 0.25) is 0 Å². The molecular weight excluding hydrogens is 646 g/mol. The topological polar surface area (TPSA) is 55.1 Å². The summed E-state index contributed by atoms with van der Waals surface area (Å²) in [5.74, 6) is -0.147. The molecular formula is C21H13BrI2N2O2. The van der Waals surface area contributed by atoms with E-state index in [0.717, 1.165) is 33.8 Å². The predicted molar refractivity (Wildman–Crippen MR) is 132 cm³/mol. The minimum absolute atomic E-state index is 0.147. The van der Waals surface area contributed by atoms with Crippen LogP contribution >= 0.6 is 61.1 Å². The standard InChI is InChI=1S/C21H13BrI2N2O2/c1-11-6-17-19(28-26-20(17)12-2-4-14(22)5-3-12)10-18(11)25-21(27)13-7-15(23)9-16(24)8-13/h2-10H,1H3,(H,25,27). The molecule has 4 rings (SSSR count). The highest BCUT2D eigenvalue weighted by Crippen LogP contribution is 2.32. The first kappa shape index (κ1) is 19.8. The summed E-state index contributed by atoms with van der Waals surface area (Å²) in [6, 6.07) is 17.5. The maximum absolute atomic E-state index is 12.7. The zero-order valence-electron chi connectivity index (χ0n) is 14.6. The van der Waals surface area contributed by atoms with E-state index in [4.69, 9.17) is 4.52 Å². The summed E-state index contributed by atoms with van der Waals surface area (Å²) in [7, 11) is 0. The number of aromatic nitrogens is 1. The number of nitrogens with zero attached hydrogens (tertiary/aromatic N) is 1. The van der Waals surface area contributed by atoms with Crippen molar-refractivity contribution in [2.45, 2.75) is 6.92 Å². The minimum atomic E-state index is -0.147. The average Bonchev–Trinajstić information content (AvgIpc) is 3.04. The van der Waals surface area contributed by atoms with Crippen LogP contribution < -0.4 is 5.32 Å². The molecule has 0 saturated heterocycles. The average molecular weight is 659 g/mol. The van der Waals surface area contributed by atoms with E-state index in [1.807, 2.05) is 61.5 Å². The molecule has 0 atom stereocenters. The highest BCUT2D eigenvalue weighted by molar-refractivity contribution is 14.1. The molecule has 0 spiro atoms. The number of benzene rings is 3. The molecule has 140 valence electrons. The van der Waals surface area contributed by atoms with Gasteiger partial charge in [-0.1, -0.05) is 33.2 Å². The van der Waals surface area contributed by atoms with Crippen molar-refractivity contribution in [3.8, 4) is 11.3 Å². The van der Waals surface area contributed by atoms with E-state index in [1.165, 1.54) is 0 Å². The summed E-state index contributed by atoms with van der Waals surface area (Å²) >= 11 is 7.87. The smallest absolute Gasteiger partial charge is 0.255 e. The van der Waals surface area contributed by atoms with E-state index in [2.05, 4.69) is 71.6 Å². The van der Waals surface area contributed by atoms with Gasteiger partial charge in [0.15, 0.2) is 5.58 Å². The number of hydrogen-bond donors (Lipinski definition) is 1. The molecule has 1 heterocycles. The number of halogens is 3. The Hall–Kier alpha value is -1.46.